The molecule has 3 rings (SSSR count). The first-order chi connectivity index (χ1) is 12.0. The molecule has 25 heavy (non-hydrogen) atoms. The van der Waals surface area contributed by atoms with E-state index in [-0.39, 0.29) is 17.9 Å². The molecule has 6 heteroatoms. The molecule has 0 aliphatic rings. The minimum Gasteiger partial charge on any atom is -0.352 e. The van der Waals surface area contributed by atoms with E-state index in [1.165, 1.54) is 6.07 Å². The number of aryl methyl sites for hydroxylation is 1. The third-order valence-electron chi connectivity index (χ3n) is 3.92. The zero-order valence-corrected chi connectivity index (χ0v) is 14.4. The van der Waals surface area contributed by atoms with Gasteiger partial charge in [0, 0.05) is 29.1 Å². The van der Waals surface area contributed by atoms with Crippen LogP contribution in [0.3, 0.4) is 0 Å². The number of aromatic nitrogens is 2. The summed E-state index contributed by atoms with van der Waals surface area (Å²) in [6.07, 6.45) is 0.471. The number of hydrogen-bond acceptors (Lipinski definition) is 3. The number of nitrogens with one attached hydrogen (secondary N) is 2. The maximum atomic E-state index is 13.6. The molecule has 0 spiro atoms. The van der Waals surface area contributed by atoms with Crippen molar-refractivity contribution in [3.8, 4) is 0 Å². The highest BCUT2D eigenvalue weighted by molar-refractivity contribution is 6.30. The number of anilines is 1. The summed E-state index contributed by atoms with van der Waals surface area (Å²) in [6, 6.07) is 13.8. The third-order valence-corrected chi connectivity index (χ3v) is 4.17. The Morgan fingerprint density at radius 2 is 1.88 bits per heavy atom. The van der Waals surface area contributed by atoms with Gasteiger partial charge in [0.25, 0.3) is 5.56 Å². The number of hydrogen-bond donors (Lipinski definition) is 2. The monoisotopic (exact) mass is 357 g/mol. The predicted octanol–water partition coefficient (Wildman–Crippen LogP) is 4.07. The lowest BCUT2D eigenvalue weighted by molar-refractivity contribution is 0.612. The Labute approximate surface area is 149 Å². The van der Waals surface area contributed by atoms with E-state index in [0.29, 0.717) is 34.2 Å². The number of H-pyrrole nitrogens is 1. The third kappa shape index (κ3) is 4.25. The fourth-order valence-electron chi connectivity index (χ4n) is 2.53. The van der Waals surface area contributed by atoms with Crippen LogP contribution in [-0.2, 0) is 13.0 Å². The highest BCUT2D eigenvalue weighted by atomic mass is 35.5. The summed E-state index contributed by atoms with van der Waals surface area (Å²) in [6.45, 7) is 2.03. The standard InChI is InChI=1S/C19H17ClFN3O/c1-12-16(10-13-6-8-15(20)9-7-13)18(25)24-19(23-12)22-11-14-4-2-3-5-17(14)21/h2-9H,10-11H2,1H3,(H2,22,23,24,25). The Balaban J connectivity index is 1.77. The van der Waals surface area contributed by atoms with E-state index in [2.05, 4.69) is 15.3 Å². The number of halogens is 2. The minimum absolute atomic E-state index is 0.210. The molecule has 0 unspecified atom stereocenters. The highest BCUT2D eigenvalue weighted by Crippen LogP contribution is 2.14. The molecular formula is C19H17ClFN3O. The molecule has 2 N–H and O–H groups in total. The van der Waals surface area contributed by atoms with Gasteiger partial charge in [0.1, 0.15) is 5.82 Å². The number of benzene rings is 2. The van der Waals surface area contributed by atoms with Crippen LogP contribution < -0.4 is 10.9 Å². The molecule has 2 aromatic carbocycles. The van der Waals surface area contributed by atoms with E-state index in [9.17, 15) is 9.18 Å². The molecule has 0 amide bonds. The number of nitrogens with zero attached hydrogens (tertiary/aromatic N) is 1. The molecular weight excluding hydrogens is 341 g/mol. The second-order valence-electron chi connectivity index (χ2n) is 5.73. The maximum absolute atomic E-state index is 13.6. The molecule has 0 bridgehead atoms. The van der Waals surface area contributed by atoms with Gasteiger partial charge >= 0.3 is 0 Å². The van der Waals surface area contributed by atoms with Gasteiger partial charge in [-0.15, -0.1) is 0 Å². The number of rotatable bonds is 5. The topological polar surface area (TPSA) is 57.8 Å². The van der Waals surface area contributed by atoms with Crippen LogP contribution in [0.4, 0.5) is 10.3 Å². The Bertz CT molecular complexity index is 938. The van der Waals surface area contributed by atoms with Gasteiger partial charge < -0.3 is 5.32 Å². The Hall–Kier alpha value is -2.66. The number of aromatic amines is 1. The summed E-state index contributed by atoms with van der Waals surface area (Å²) >= 11 is 5.88. The van der Waals surface area contributed by atoms with Gasteiger partial charge in [-0.1, -0.05) is 41.9 Å². The lowest BCUT2D eigenvalue weighted by atomic mass is 10.1. The Kier molecular flexibility index (Phi) is 5.14. The van der Waals surface area contributed by atoms with Gasteiger partial charge in [-0.3, -0.25) is 9.78 Å². The van der Waals surface area contributed by atoms with Crippen molar-refractivity contribution in [1.29, 1.82) is 0 Å². The van der Waals surface area contributed by atoms with Gasteiger partial charge in [0.05, 0.1) is 5.69 Å². The van der Waals surface area contributed by atoms with Crippen molar-refractivity contribution < 1.29 is 4.39 Å². The zero-order chi connectivity index (χ0) is 17.8. The molecule has 128 valence electrons. The lowest BCUT2D eigenvalue weighted by Crippen LogP contribution is -2.19. The molecule has 0 atom stereocenters. The van der Waals surface area contributed by atoms with Crippen molar-refractivity contribution in [3.05, 3.63) is 92.1 Å². The average Bonchev–Trinajstić information content (AvgIpc) is 2.59. The maximum Gasteiger partial charge on any atom is 0.256 e. The van der Waals surface area contributed by atoms with E-state index >= 15 is 0 Å². The molecule has 3 aromatic rings. The van der Waals surface area contributed by atoms with Gasteiger partial charge in [-0.05, 0) is 30.7 Å². The molecule has 0 radical (unpaired) electrons. The van der Waals surface area contributed by atoms with Crippen molar-refractivity contribution in [2.75, 3.05) is 5.32 Å². The second kappa shape index (κ2) is 7.49. The van der Waals surface area contributed by atoms with E-state index in [1.54, 1.807) is 37.3 Å². The van der Waals surface area contributed by atoms with Crippen LogP contribution >= 0.6 is 11.6 Å². The lowest BCUT2D eigenvalue weighted by Gasteiger charge is -2.10. The van der Waals surface area contributed by atoms with Crippen molar-refractivity contribution in [2.24, 2.45) is 0 Å². The van der Waals surface area contributed by atoms with E-state index in [0.717, 1.165) is 5.56 Å². The van der Waals surface area contributed by atoms with Crippen molar-refractivity contribution >= 4 is 17.5 Å². The molecule has 4 nitrogen and oxygen atoms in total. The summed E-state index contributed by atoms with van der Waals surface area (Å²) < 4.78 is 13.6. The first-order valence-electron chi connectivity index (χ1n) is 7.84. The molecule has 0 saturated heterocycles. The largest absolute Gasteiger partial charge is 0.352 e. The van der Waals surface area contributed by atoms with Gasteiger partial charge in [0.15, 0.2) is 0 Å². The summed E-state index contributed by atoms with van der Waals surface area (Å²) in [7, 11) is 0. The van der Waals surface area contributed by atoms with Crippen LogP contribution in [0.25, 0.3) is 0 Å². The molecule has 0 aliphatic carbocycles. The van der Waals surface area contributed by atoms with Gasteiger partial charge in [-0.2, -0.15) is 0 Å². The molecule has 0 fully saturated rings. The summed E-state index contributed by atoms with van der Waals surface area (Å²) in [5.74, 6) is 0.0269. The van der Waals surface area contributed by atoms with Crippen LogP contribution in [0.15, 0.2) is 53.3 Å². The molecule has 1 aromatic heterocycles. The quantitative estimate of drug-likeness (QED) is 0.723. The predicted molar refractivity (Wildman–Crippen MR) is 97.6 cm³/mol. The molecule has 1 heterocycles. The van der Waals surface area contributed by atoms with Crippen molar-refractivity contribution in [2.45, 2.75) is 19.9 Å². The zero-order valence-electron chi connectivity index (χ0n) is 13.6. The first kappa shape index (κ1) is 17.2. The van der Waals surface area contributed by atoms with E-state index in [1.807, 2.05) is 12.1 Å². The average molecular weight is 358 g/mol. The fourth-order valence-corrected chi connectivity index (χ4v) is 2.66. The summed E-state index contributed by atoms with van der Waals surface area (Å²) in [4.78, 5) is 19.5. The SMILES string of the molecule is Cc1nc(NCc2ccccc2F)[nH]c(=O)c1Cc1ccc(Cl)cc1. The van der Waals surface area contributed by atoms with E-state index in [4.69, 9.17) is 11.6 Å². The first-order valence-corrected chi connectivity index (χ1v) is 8.22. The second-order valence-corrected chi connectivity index (χ2v) is 6.16. The normalized spacial score (nSPS) is 10.7. The van der Waals surface area contributed by atoms with Crippen LogP contribution in [-0.4, -0.2) is 9.97 Å². The summed E-state index contributed by atoms with van der Waals surface area (Å²) in [5.41, 5.74) is 2.51. The van der Waals surface area contributed by atoms with Gasteiger partial charge in [-0.25, -0.2) is 9.37 Å². The highest BCUT2D eigenvalue weighted by Gasteiger charge is 2.10. The van der Waals surface area contributed by atoms with Crippen LogP contribution in [0.5, 0.6) is 0 Å². The van der Waals surface area contributed by atoms with Crippen LogP contribution in [0.1, 0.15) is 22.4 Å². The Morgan fingerprint density at radius 1 is 1.16 bits per heavy atom. The Morgan fingerprint density at radius 3 is 2.56 bits per heavy atom. The summed E-state index contributed by atoms with van der Waals surface area (Å²) in [5, 5.41) is 3.61. The minimum atomic E-state index is -0.298. The molecule has 0 aliphatic heterocycles. The smallest absolute Gasteiger partial charge is 0.256 e. The molecule has 0 saturated carbocycles. The van der Waals surface area contributed by atoms with Crippen LogP contribution in [0, 0.1) is 12.7 Å². The van der Waals surface area contributed by atoms with Crippen molar-refractivity contribution in [3.63, 3.8) is 0 Å². The fraction of sp³-hybridized carbons (Fsp3) is 0.158. The van der Waals surface area contributed by atoms with Crippen LogP contribution in [0.2, 0.25) is 5.02 Å². The van der Waals surface area contributed by atoms with Crippen molar-refractivity contribution in [1.82, 2.24) is 9.97 Å². The van der Waals surface area contributed by atoms with E-state index < -0.39 is 0 Å². The van der Waals surface area contributed by atoms with Gasteiger partial charge in [0.2, 0.25) is 5.95 Å².